The zero-order chi connectivity index (χ0) is 10.6. The summed E-state index contributed by atoms with van der Waals surface area (Å²) in [6.45, 7) is 2.38. The summed E-state index contributed by atoms with van der Waals surface area (Å²) in [5.74, 6) is -0.189. The normalized spacial score (nSPS) is 12.0. The highest BCUT2D eigenvalue weighted by atomic mass is 35.5. The monoisotopic (exact) mass is 232 g/mol. The molecule has 0 aliphatic carbocycles. The van der Waals surface area contributed by atoms with Gasteiger partial charge in [-0.25, -0.2) is 4.39 Å². The number of hydrogen-bond acceptors (Lipinski definition) is 2. The predicted octanol–water partition coefficient (Wildman–Crippen LogP) is 2.29. The fourth-order valence-corrected chi connectivity index (χ4v) is 1.52. The maximum Gasteiger partial charge on any atom is 0.126 e. The van der Waals surface area contributed by atoms with Gasteiger partial charge in [-0.2, -0.15) is 0 Å². The lowest BCUT2D eigenvalue weighted by atomic mass is 9.98. The predicted molar refractivity (Wildman–Crippen MR) is 63.6 cm³/mol. The van der Waals surface area contributed by atoms with Crippen LogP contribution in [0, 0.1) is 12.7 Å². The number of benzene rings is 1. The van der Waals surface area contributed by atoms with Crippen LogP contribution in [-0.2, 0) is 0 Å². The second-order valence-corrected chi connectivity index (χ2v) is 3.49. The maximum atomic E-state index is 13.2. The first-order chi connectivity index (χ1) is 6.66. The standard InChI is InChI=1S/C11H17FN2.ClH/c1-8-9(4-2-5-10(8)12)11(14)6-3-7-13;/h2,4-5,11H,3,6-7,13-14H2,1H3;1H/t11-;/m0./s1. The van der Waals surface area contributed by atoms with Gasteiger partial charge in [-0.05, 0) is 43.5 Å². The molecule has 15 heavy (non-hydrogen) atoms. The van der Waals surface area contributed by atoms with Gasteiger partial charge in [0.1, 0.15) is 5.82 Å². The van der Waals surface area contributed by atoms with Crippen LogP contribution in [0.5, 0.6) is 0 Å². The van der Waals surface area contributed by atoms with Gasteiger partial charge in [0.05, 0.1) is 0 Å². The average molecular weight is 233 g/mol. The smallest absolute Gasteiger partial charge is 0.126 e. The average Bonchev–Trinajstić information content (AvgIpc) is 2.18. The van der Waals surface area contributed by atoms with Crippen molar-refractivity contribution in [2.75, 3.05) is 6.54 Å². The van der Waals surface area contributed by atoms with Crippen LogP contribution < -0.4 is 11.5 Å². The van der Waals surface area contributed by atoms with E-state index in [9.17, 15) is 4.39 Å². The zero-order valence-corrected chi connectivity index (χ0v) is 9.69. The van der Waals surface area contributed by atoms with Crippen molar-refractivity contribution < 1.29 is 4.39 Å². The molecule has 1 atom stereocenters. The highest BCUT2D eigenvalue weighted by Crippen LogP contribution is 2.21. The third-order valence-electron chi connectivity index (χ3n) is 2.43. The molecule has 2 nitrogen and oxygen atoms in total. The molecule has 1 rings (SSSR count). The van der Waals surface area contributed by atoms with Crippen LogP contribution in [0.2, 0.25) is 0 Å². The molecule has 1 aromatic carbocycles. The summed E-state index contributed by atoms with van der Waals surface area (Å²) in [4.78, 5) is 0. The molecule has 4 N–H and O–H groups in total. The van der Waals surface area contributed by atoms with E-state index in [1.54, 1.807) is 13.0 Å². The molecule has 0 heterocycles. The molecule has 4 heteroatoms. The lowest BCUT2D eigenvalue weighted by Gasteiger charge is -2.14. The summed E-state index contributed by atoms with van der Waals surface area (Å²) in [6.07, 6.45) is 1.68. The molecule has 0 radical (unpaired) electrons. The molecule has 0 aromatic heterocycles. The molecule has 86 valence electrons. The van der Waals surface area contributed by atoms with Crippen molar-refractivity contribution in [3.05, 3.63) is 35.1 Å². The lowest BCUT2D eigenvalue weighted by Crippen LogP contribution is -2.14. The minimum Gasteiger partial charge on any atom is -0.330 e. The summed E-state index contributed by atoms with van der Waals surface area (Å²) in [6, 6.07) is 4.92. The van der Waals surface area contributed by atoms with Gasteiger partial charge in [-0.1, -0.05) is 12.1 Å². The minimum absolute atomic E-state index is 0. The second kappa shape index (κ2) is 6.77. The van der Waals surface area contributed by atoms with Gasteiger partial charge in [0.15, 0.2) is 0 Å². The first kappa shape index (κ1) is 14.4. The quantitative estimate of drug-likeness (QED) is 0.837. The Kier molecular flexibility index (Phi) is 6.48. The fourth-order valence-electron chi connectivity index (χ4n) is 1.52. The molecule has 0 spiro atoms. The molecule has 0 saturated carbocycles. The molecule has 0 aliphatic heterocycles. The number of nitrogens with two attached hydrogens (primary N) is 2. The molecule has 0 saturated heterocycles. The van der Waals surface area contributed by atoms with Crippen LogP contribution in [0.25, 0.3) is 0 Å². The fraction of sp³-hybridized carbons (Fsp3) is 0.455. The van der Waals surface area contributed by atoms with Crippen LogP contribution in [0.4, 0.5) is 4.39 Å². The van der Waals surface area contributed by atoms with Crippen LogP contribution in [-0.4, -0.2) is 6.54 Å². The topological polar surface area (TPSA) is 52.0 Å². The summed E-state index contributed by atoms with van der Waals surface area (Å²) in [5.41, 5.74) is 12.9. The van der Waals surface area contributed by atoms with E-state index in [-0.39, 0.29) is 24.3 Å². The second-order valence-electron chi connectivity index (χ2n) is 3.49. The van der Waals surface area contributed by atoms with Gasteiger partial charge in [-0.3, -0.25) is 0 Å². The Morgan fingerprint density at radius 3 is 2.67 bits per heavy atom. The molecule has 0 unspecified atom stereocenters. The molecule has 0 amide bonds. The first-order valence-corrected chi connectivity index (χ1v) is 4.87. The Morgan fingerprint density at radius 2 is 2.07 bits per heavy atom. The Balaban J connectivity index is 0.00000196. The van der Waals surface area contributed by atoms with Crippen molar-refractivity contribution in [2.24, 2.45) is 11.5 Å². The number of halogens is 2. The van der Waals surface area contributed by atoms with Gasteiger partial charge in [-0.15, -0.1) is 12.4 Å². The highest BCUT2D eigenvalue weighted by Gasteiger charge is 2.10. The summed E-state index contributed by atoms with van der Waals surface area (Å²) in [5, 5.41) is 0. The van der Waals surface area contributed by atoms with E-state index in [1.807, 2.05) is 6.07 Å². The van der Waals surface area contributed by atoms with Crippen molar-refractivity contribution in [1.29, 1.82) is 0 Å². The Labute approximate surface area is 96.3 Å². The van der Waals surface area contributed by atoms with Gasteiger partial charge >= 0.3 is 0 Å². The van der Waals surface area contributed by atoms with Crippen LogP contribution >= 0.6 is 12.4 Å². The van der Waals surface area contributed by atoms with E-state index in [0.717, 1.165) is 18.4 Å². The van der Waals surface area contributed by atoms with E-state index in [4.69, 9.17) is 11.5 Å². The van der Waals surface area contributed by atoms with Crippen LogP contribution in [0.3, 0.4) is 0 Å². The lowest BCUT2D eigenvalue weighted by molar-refractivity contribution is 0.587. The van der Waals surface area contributed by atoms with Gasteiger partial charge in [0.25, 0.3) is 0 Å². The van der Waals surface area contributed by atoms with Crippen LogP contribution in [0.15, 0.2) is 18.2 Å². The molecule has 0 bridgehead atoms. The van der Waals surface area contributed by atoms with Crippen molar-refractivity contribution in [3.63, 3.8) is 0 Å². The van der Waals surface area contributed by atoms with Gasteiger partial charge in [0.2, 0.25) is 0 Å². The summed E-state index contributed by atoms with van der Waals surface area (Å²) < 4.78 is 13.2. The highest BCUT2D eigenvalue weighted by molar-refractivity contribution is 5.85. The van der Waals surface area contributed by atoms with Gasteiger partial charge < -0.3 is 11.5 Å². The van der Waals surface area contributed by atoms with E-state index in [1.165, 1.54) is 6.07 Å². The summed E-state index contributed by atoms with van der Waals surface area (Å²) >= 11 is 0. The number of rotatable bonds is 4. The molecule has 0 fully saturated rings. The SMILES string of the molecule is Cc1c(F)cccc1[C@@H](N)CCCN.Cl. The summed E-state index contributed by atoms with van der Waals surface area (Å²) in [7, 11) is 0. The first-order valence-electron chi connectivity index (χ1n) is 4.87. The molecule has 1 aromatic rings. The minimum atomic E-state index is -0.189. The Hall–Kier alpha value is -0.640. The largest absolute Gasteiger partial charge is 0.330 e. The molecular weight excluding hydrogens is 215 g/mol. The molecular formula is C11H18ClFN2. The zero-order valence-electron chi connectivity index (χ0n) is 8.87. The third-order valence-corrected chi connectivity index (χ3v) is 2.43. The van der Waals surface area contributed by atoms with E-state index >= 15 is 0 Å². The van der Waals surface area contributed by atoms with E-state index in [0.29, 0.717) is 12.1 Å². The Bertz CT molecular complexity index is 305. The van der Waals surface area contributed by atoms with Crippen molar-refractivity contribution >= 4 is 12.4 Å². The van der Waals surface area contributed by atoms with Crippen LogP contribution in [0.1, 0.15) is 30.0 Å². The van der Waals surface area contributed by atoms with Crippen molar-refractivity contribution in [1.82, 2.24) is 0 Å². The van der Waals surface area contributed by atoms with Gasteiger partial charge in [0, 0.05) is 6.04 Å². The molecule has 0 aliphatic rings. The van der Waals surface area contributed by atoms with E-state index in [2.05, 4.69) is 0 Å². The maximum absolute atomic E-state index is 13.2. The van der Waals surface area contributed by atoms with Crippen molar-refractivity contribution in [3.8, 4) is 0 Å². The van der Waals surface area contributed by atoms with E-state index < -0.39 is 0 Å². The number of hydrogen-bond donors (Lipinski definition) is 2. The Morgan fingerprint density at radius 1 is 1.40 bits per heavy atom. The van der Waals surface area contributed by atoms with Crippen molar-refractivity contribution in [2.45, 2.75) is 25.8 Å². The third kappa shape index (κ3) is 3.78.